The highest BCUT2D eigenvalue weighted by atomic mass is 16.2. The van der Waals surface area contributed by atoms with Crippen LogP contribution in [0.2, 0.25) is 0 Å². The Morgan fingerprint density at radius 1 is 1.35 bits per heavy atom. The number of hydrogen-bond donors (Lipinski definition) is 2. The Hall–Kier alpha value is -0.570. The highest BCUT2D eigenvalue weighted by Crippen LogP contribution is 2.31. The molecule has 3 heteroatoms. The van der Waals surface area contributed by atoms with Gasteiger partial charge in [0.1, 0.15) is 0 Å². The van der Waals surface area contributed by atoms with Crippen molar-refractivity contribution in [3.8, 4) is 0 Å². The third-order valence-corrected chi connectivity index (χ3v) is 4.12. The Balaban J connectivity index is 2.20. The van der Waals surface area contributed by atoms with Gasteiger partial charge in [0.25, 0.3) is 0 Å². The number of carbonyl (C=O) groups is 1. The molecular formula is C14H28N2O. The van der Waals surface area contributed by atoms with E-state index in [0.29, 0.717) is 0 Å². The maximum absolute atomic E-state index is 11.7. The fraction of sp³-hybridized carbons (Fsp3) is 0.929. The Bertz CT molecular complexity index is 240. The Morgan fingerprint density at radius 2 is 2.00 bits per heavy atom. The number of nitrogens with one attached hydrogen (secondary N) is 1. The molecule has 0 aromatic rings. The maximum Gasteiger partial charge on any atom is 0.237 e. The van der Waals surface area contributed by atoms with Crippen molar-refractivity contribution < 1.29 is 4.79 Å². The lowest BCUT2D eigenvalue weighted by molar-refractivity contribution is -0.123. The van der Waals surface area contributed by atoms with Crippen molar-refractivity contribution in [1.29, 1.82) is 0 Å². The predicted octanol–water partition coefficient (Wildman–Crippen LogP) is 2.30. The van der Waals surface area contributed by atoms with Gasteiger partial charge in [-0.25, -0.2) is 0 Å². The zero-order valence-corrected chi connectivity index (χ0v) is 11.5. The summed E-state index contributed by atoms with van der Waals surface area (Å²) in [6, 6.07) is -0.362. The van der Waals surface area contributed by atoms with Crippen molar-refractivity contribution >= 4 is 5.91 Å². The highest BCUT2D eigenvalue weighted by Gasteiger charge is 2.22. The molecule has 0 aromatic carbocycles. The lowest BCUT2D eigenvalue weighted by atomic mass is 9.79. The summed E-state index contributed by atoms with van der Waals surface area (Å²) >= 11 is 0. The van der Waals surface area contributed by atoms with E-state index in [2.05, 4.69) is 12.2 Å². The van der Waals surface area contributed by atoms with E-state index in [1.54, 1.807) is 0 Å². The van der Waals surface area contributed by atoms with E-state index in [0.717, 1.165) is 24.8 Å². The summed E-state index contributed by atoms with van der Waals surface area (Å²) in [6.07, 6.45) is 6.52. The van der Waals surface area contributed by atoms with Crippen LogP contribution in [-0.2, 0) is 4.79 Å². The summed E-state index contributed by atoms with van der Waals surface area (Å²) in [4.78, 5) is 11.7. The smallest absolute Gasteiger partial charge is 0.237 e. The highest BCUT2D eigenvalue weighted by molar-refractivity contribution is 5.81. The van der Waals surface area contributed by atoms with Gasteiger partial charge >= 0.3 is 0 Å². The summed E-state index contributed by atoms with van der Waals surface area (Å²) in [7, 11) is 0. The van der Waals surface area contributed by atoms with Gasteiger partial charge in [-0.3, -0.25) is 4.79 Å². The topological polar surface area (TPSA) is 55.1 Å². The van der Waals surface area contributed by atoms with E-state index >= 15 is 0 Å². The standard InChI is InChI=1S/C14H28N2O/c1-10(2)13(15)14(17)16-9-8-12-7-5-4-6-11(12)3/h10-13H,4-9,15H2,1-3H3,(H,16,17)/t11?,12?,13-/m0/s1. The van der Waals surface area contributed by atoms with Gasteiger partial charge in [-0.05, 0) is 24.2 Å². The molecule has 1 aliphatic carbocycles. The normalized spacial score (nSPS) is 26.9. The number of nitrogens with two attached hydrogens (primary N) is 1. The zero-order valence-electron chi connectivity index (χ0n) is 11.5. The van der Waals surface area contributed by atoms with E-state index in [1.165, 1.54) is 25.7 Å². The third-order valence-electron chi connectivity index (χ3n) is 4.12. The van der Waals surface area contributed by atoms with Gasteiger partial charge in [0, 0.05) is 6.54 Å². The molecule has 0 aliphatic heterocycles. The van der Waals surface area contributed by atoms with Crippen LogP contribution in [0, 0.1) is 17.8 Å². The molecule has 3 nitrogen and oxygen atoms in total. The molecule has 1 saturated carbocycles. The predicted molar refractivity (Wildman–Crippen MR) is 71.6 cm³/mol. The lowest BCUT2D eigenvalue weighted by Crippen LogP contribution is -2.44. The lowest BCUT2D eigenvalue weighted by Gasteiger charge is -2.29. The monoisotopic (exact) mass is 240 g/mol. The Kier molecular flexibility index (Phi) is 5.96. The first-order chi connectivity index (χ1) is 8.02. The fourth-order valence-electron chi connectivity index (χ4n) is 2.62. The van der Waals surface area contributed by atoms with Gasteiger partial charge in [0.2, 0.25) is 5.91 Å². The maximum atomic E-state index is 11.7. The van der Waals surface area contributed by atoms with E-state index in [4.69, 9.17) is 5.73 Å². The van der Waals surface area contributed by atoms with Gasteiger partial charge in [0.05, 0.1) is 6.04 Å². The van der Waals surface area contributed by atoms with Crippen LogP contribution in [0.1, 0.15) is 52.9 Å². The summed E-state index contributed by atoms with van der Waals surface area (Å²) in [5, 5.41) is 2.97. The third kappa shape index (κ3) is 4.66. The second-order valence-electron chi connectivity index (χ2n) is 5.87. The van der Waals surface area contributed by atoms with Crippen molar-refractivity contribution in [2.45, 2.75) is 58.9 Å². The van der Waals surface area contributed by atoms with Crippen molar-refractivity contribution in [2.75, 3.05) is 6.54 Å². The van der Waals surface area contributed by atoms with E-state index in [9.17, 15) is 4.79 Å². The SMILES string of the molecule is CC1CCCCC1CCNC(=O)[C@@H](N)C(C)C. The molecule has 0 bridgehead atoms. The summed E-state index contributed by atoms with van der Waals surface area (Å²) in [5.41, 5.74) is 5.79. The zero-order chi connectivity index (χ0) is 12.8. The minimum Gasteiger partial charge on any atom is -0.355 e. The minimum atomic E-state index is -0.362. The van der Waals surface area contributed by atoms with Crippen molar-refractivity contribution in [3.05, 3.63) is 0 Å². The van der Waals surface area contributed by atoms with Crippen LogP contribution in [0.3, 0.4) is 0 Å². The molecule has 2 unspecified atom stereocenters. The molecule has 0 heterocycles. The van der Waals surface area contributed by atoms with Crippen molar-refractivity contribution in [1.82, 2.24) is 5.32 Å². The molecule has 1 aliphatic rings. The van der Waals surface area contributed by atoms with Crippen LogP contribution in [0.15, 0.2) is 0 Å². The van der Waals surface area contributed by atoms with E-state index < -0.39 is 0 Å². The Labute approximate surface area is 106 Å². The second-order valence-corrected chi connectivity index (χ2v) is 5.87. The molecule has 0 spiro atoms. The molecule has 3 atom stereocenters. The average molecular weight is 240 g/mol. The van der Waals surface area contributed by atoms with Crippen LogP contribution in [0.5, 0.6) is 0 Å². The first kappa shape index (κ1) is 14.5. The fourth-order valence-corrected chi connectivity index (χ4v) is 2.62. The van der Waals surface area contributed by atoms with Crippen LogP contribution in [-0.4, -0.2) is 18.5 Å². The molecular weight excluding hydrogens is 212 g/mol. The molecule has 100 valence electrons. The van der Waals surface area contributed by atoms with Crippen molar-refractivity contribution in [3.63, 3.8) is 0 Å². The molecule has 0 radical (unpaired) electrons. The number of amides is 1. The molecule has 17 heavy (non-hydrogen) atoms. The van der Waals surface area contributed by atoms with Crippen LogP contribution in [0.25, 0.3) is 0 Å². The molecule has 1 amide bonds. The van der Waals surface area contributed by atoms with Gasteiger partial charge in [-0.2, -0.15) is 0 Å². The van der Waals surface area contributed by atoms with Gasteiger partial charge in [-0.1, -0.05) is 46.5 Å². The first-order valence-corrected chi connectivity index (χ1v) is 7.05. The summed E-state index contributed by atoms with van der Waals surface area (Å²) in [5.74, 6) is 1.82. The van der Waals surface area contributed by atoms with Crippen molar-refractivity contribution in [2.24, 2.45) is 23.5 Å². The molecule has 1 rings (SSSR count). The molecule has 3 N–H and O–H groups in total. The minimum absolute atomic E-state index is 0.00321. The summed E-state index contributed by atoms with van der Waals surface area (Å²) in [6.45, 7) is 7.08. The number of rotatable bonds is 5. The molecule has 0 aromatic heterocycles. The summed E-state index contributed by atoms with van der Waals surface area (Å²) < 4.78 is 0. The molecule has 0 saturated heterocycles. The number of carbonyl (C=O) groups excluding carboxylic acids is 1. The first-order valence-electron chi connectivity index (χ1n) is 7.05. The quantitative estimate of drug-likeness (QED) is 0.774. The largest absolute Gasteiger partial charge is 0.355 e. The van der Waals surface area contributed by atoms with Gasteiger partial charge < -0.3 is 11.1 Å². The molecule has 1 fully saturated rings. The van der Waals surface area contributed by atoms with Crippen LogP contribution < -0.4 is 11.1 Å². The van der Waals surface area contributed by atoms with Crippen LogP contribution >= 0.6 is 0 Å². The Morgan fingerprint density at radius 3 is 2.59 bits per heavy atom. The van der Waals surface area contributed by atoms with Gasteiger partial charge in [0.15, 0.2) is 0 Å². The van der Waals surface area contributed by atoms with E-state index in [-0.39, 0.29) is 17.9 Å². The second kappa shape index (κ2) is 7.00. The van der Waals surface area contributed by atoms with Gasteiger partial charge in [-0.15, -0.1) is 0 Å². The number of hydrogen-bond acceptors (Lipinski definition) is 2. The van der Waals surface area contributed by atoms with E-state index in [1.807, 2.05) is 13.8 Å². The van der Waals surface area contributed by atoms with Crippen LogP contribution in [0.4, 0.5) is 0 Å². The average Bonchev–Trinajstić information content (AvgIpc) is 2.30.